The molecule has 0 spiro atoms. The van der Waals surface area contributed by atoms with E-state index in [2.05, 4.69) is 60.4 Å². The summed E-state index contributed by atoms with van der Waals surface area (Å²) in [5.74, 6) is 1.58. The number of nitrogens with one attached hydrogen (secondary N) is 1. The van der Waals surface area contributed by atoms with E-state index in [1.54, 1.807) is 7.11 Å². The number of methoxy groups -OCH3 is 1. The highest BCUT2D eigenvalue weighted by molar-refractivity contribution is 6.00. The zero-order valence-corrected chi connectivity index (χ0v) is 21.7. The normalized spacial score (nSPS) is 14.6. The van der Waals surface area contributed by atoms with Crippen LogP contribution in [-0.2, 0) is 6.54 Å². The molecule has 1 amide bonds. The van der Waals surface area contributed by atoms with Crippen molar-refractivity contribution in [2.24, 2.45) is 0 Å². The number of benzene rings is 3. The highest BCUT2D eigenvalue weighted by Gasteiger charge is 2.42. The predicted octanol–water partition coefficient (Wildman–Crippen LogP) is 6.71. The number of aromatic amines is 1. The van der Waals surface area contributed by atoms with Crippen LogP contribution in [0.2, 0.25) is 0 Å². The molecule has 0 bridgehead atoms. The SMILES string of the molecule is CCCCCOc1ccc(C2c3c(-c4ccc(C)cc4)n[nH]c3C(=O)N2Cc2ccc(OC)cc2)cc1. The Morgan fingerprint density at radius 3 is 2.30 bits per heavy atom. The third-order valence-corrected chi connectivity index (χ3v) is 6.91. The van der Waals surface area contributed by atoms with E-state index >= 15 is 0 Å². The van der Waals surface area contributed by atoms with Gasteiger partial charge in [-0.2, -0.15) is 5.10 Å². The van der Waals surface area contributed by atoms with E-state index in [1.165, 1.54) is 12.0 Å². The van der Waals surface area contributed by atoms with E-state index in [4.69, 9.17) is 9.47 Å². The van der Waals surface area contributed by atoms with Crippen LogP contribution in [0, 0.1) is 6.92 Å². The summed E-state index contributed by atoms with van der Waals surface area (Å²) in [6, 6.07) is 24.0. The van der Waals surface area contributed by atoms with Crippen LogP contribution in [0.15, 0.2) is 72.8 Å². The number of unbranched alkanes of at least 4 members (excludes halogenated alkanes) is 2. The fourth-order valence-corrected chi connectivity index (χ4v) is 4.85. The smallest absolute Gasteiger partial charge is 0.273 e. The molecule has 3 aromatic carbocycles. The highest BCUT2D eigenvalue weighted by Crippen LogP contribution is 2.43. The number of H-pyrrole nitrogens is 1. The van der Waals surface area contributed by atoms with Crippen LogP contribution in [-0.4, -0.2) is 34.7 Å². The number of carbonyl (C=O) groups is 1. The Balaban J connectivity index is 1.50. The molecule has 37 heavy (non-hydrogen) atoms. The number of amides is 1. The fraction of sp³-hybridized carbons (Fsp3) is 0.290. The molecule has 6 nitrogen and oxygen atoms in total. The second-order valence-electron chi connectivity index (χ2n) is 9.54. The first-order chi connectivity index (χ1) is 18.1. The van der Waals surface area contributed by atoms with Crippen LogP contribution in [0.1, 0.15) is 65.0 Å². The van der Waals surface area contributed by atoms with Crippen LogP contribution in [0.4, 0.5) is 0 Å². The molecule has 0 fully saturated rings. The minimum atomic E-state index is -0.270. The number of carbonyl (C=O) groups excluding carboxylic acids is 1. The molecule has 2 heterocycles. The lowest BCUT2D eigenvalue weighted by Crippen LogP contribution is -2.29. The van der Waals surface area contributed by atoms with E-state index in [1.807, 2.05) is 41.3 Å². The van der Waals surface area contributed by atoms with E-state index in [0.29, 0.717) is 18.8 Å². The zero-order valence-electron chi connectivity index (χ0n) is 21.7. The minimum Gasteiger partial charge on any atom is -0.497 e. The van der Waals surface area contributed by atoms with Crippen molar-refractivity contribution in [3.63, 3.8) is 0 Å². The first-order valence-corrected chi connectivity index (χ1v) is 12.9. The van der Waals surface area contributed by atoms with Crippen LogP contribution < -0.4 is 9.47 Å². The second-order valence-corrected chi connectivity index (χ2v) is 9.54. The summed E-state index contributed by atoms with van der Waals surface area (Å²) in [6.45, 7) is 5.43. The third kappa shape index (κ3) is 5.10. The Labute approximate surface area is 218 Å². The summed E-state index contributed by atoms with van der Waals surface area (Å²) in [7, 11) is 1.65. The third-order valence-electron chi connectivity index (χ3n) is 6.91. The molecule has 0 aliphatic carbocycles. The van der Waals surface area contributed by atoms with Crippen molar-refractivity contribution in [2.75, 3.05) is 13.7 Å². The number of fused-ring (bicyclic) bond motifs is 1. The van der Waals surface area contributed by atoms with Crippen LogP contribution in [0.5, 0.6) is 11.5 Å². The van der Waals surface area contributed by atoms with Gasteiger partial charge in [0.05, 0.1) is 25.5 Å². The average Bonchev–Trinajstić information content (AvgIpc) is 3.47. The molecular weight excluding hydrogens is 462 g/mol. The van der Waals surface area contributed by atoms with Gasteiger partial charge in [0.1, 0.15) is 17.2 Å². The first kappa shape index (κ1) is 24.6. The molecule has 0 radical (unpaired) electrons. The summed E-state index contributed by atoms with van der Waals surface area (Å²) in [6.07, 6.45) is 3.37. The topological polar surface area (TPSA) is 67.5 Å². The van der Waals surface area contributed by atoms with Gasteiger partial charge in [0.15, 0.2) is 0 Å². The lowest BCUT2D eigenvalue weighted by Gasteiger charge is -2.27. The van der Waals surface area contributed by atoms with E-state index in [9.17, 15) is 4.79 Å². The molecule has 1 aliphatic rings. The number of rotatable bonds is 10. The molecule has 1 aliphatic heterocycles. The Bertz CT molecular complexity index is 1340. The van der Waals surface area contributed by atoms with Gasteiger partial charge in [-0.05, 0) is 48.7 Å². The number of hydrogen-bond donors (Lipinski definition) is 1. The molecule has 5 rings (SSSR count). The van der Waals surface area contributed by atoms with Crippen molar-refractivity contribution >= 4 is 5.91 Å². The molecular formula is C31H33N3O3. The summed E-state index contributed by atoms with van der Waals surface area (Å²) < 4.78 is 11.2. The van der Waals surface area contributed by atoms with E-state index in [0.717, 1.165) is 52.3 Å². The predicted molar refractivity (Wildman–Crippen MR) is 145 cm³/mol. The Hall–Kier alpha value is -4.06. The summed E-state index contributed by atoms with van der Waals surface area (Å²) in [5.41, 5.74) is 6.50. The molecule has 190 valence electrons. The number of aromatic nitrogens is 2. The van der Waals surface area contributed by atoms with E-state index in [-0.39, 0.29) is 11.9 Å². The minimum absolute atomic E-state index is 0.0541. The number of ether oxygens (including phenoxy) is 2. The van der Waals surface area contributed by atoms with Crippen LogP contribution in [0.3, 0.4) is 0 Å². The van der Waals surface area contributed by atoms with Crippen LogP contribution >= 0.6 is 0 Å². The average molecular weight is 496 g/mol. The van der Waals surface area contributed by atoms with Gasteiger partial charge < -0.3 is 14.4 Å². The summed E-state index contributed by atoms with van der Waals surface area (Å²) in [4.78, 5) is 15.6. The van der Waals surface area contributed by atoms with Gasteiger partial charge in [0.25, 0.3) is 5.91 Å². The lowest BCUT2D eigenvalue weighted by molar-refractivity contribution is 0.0730. The molecule has 1 atom stereocenters. The Morgan fingerprint density at radius 1 is 0.919 bits per heavy atom. The molecule has 0 saturated heterocycles. The highest BCUT2D eigenvalue weighted by atomic mass is 16.5. The Morgan fingerprint density at radius 2 is 1.62 bits per heavy atom. The van der Waals surface area contributed by atoms with Gasteiger partial charge in [-0.3, -0.25) is 9.89 Å². The molecule has 0 saturated carbocycles. The van der Waals surface area contributed by atoms with Crippen molar-refractivity contribution in [1.82, 2.24) is 15.1 Å². The van der Waals surface area contributed by atoms with Gasteiger partial charge in [-0.1, -0.05) is 73.9 Å². The van der Waals surface area contributed by atoms with Crippen molar-refractivity contribution in [3.05, 3.63) is 101 Å². The standard InChI is InChI=1S/C31H33N3O3/c1-4-5-6-19-37-26-17-13-24(14-18-26)30-27-28(23-11-7-21(2)8-12-23)32-33-29(27)31(35)34(30)20-22-9-15-25(36-3)16-10-22/h7-18,30H,4-6,19-20H2,1-3H3,(H,32,33). The lowest BCUT2D eigenvalue weighted by atomic mass is 9.95. The maximum Gasteiger partial charge on any atom is 0.273 e. The molecule has 6 heteroatoms. The molecule has 1 N–H and O–H groups in total. The van der Waals surface area contributed by atoms with Crippen molar-refractivity contribution < 1.29 is 14.3 Å². The summed E-state index contributed by atoms with van der Waals surface area (Å²) >= 11 is 0. The number of hydrogen-bond acceptors (Lipinski definition) is 4. The van der Waals surface area contributed by atoms with Crippen LogP contribution in [0.25, 0.3) is 11.3 Å². The van der Waals surface area contributed by atoms with Crippen molar-refractivity contribution in [1.29, 1.82) is 0 Å². The number of aryl methyl sites for hydroxylation is 1. The van der Waals surface area contributed by atoms with E-state index < -0.39 is 0 Å². The van der Waals surface area contributed by atoms with Gasteiger partial charge in [0, 0.05) is 17.7 Å². The fourth-order valence-electron chi connectivity index (χ4n) is 4.85. The largest absolute Gasteiger partial charge is 0.497 e. The summed E-state index contributed by atoms with van der Waals surface area (Å²) in [5, 5.41) is 7.64. The van der Waals surface area contributed by atoms with Gasteiger partial charge in [0.2, 0.25) is 0 Å². The first-order valence-electron chi connectivity index (χ1n) is 12.9. The van der Waals surface area contributed by atoms with Gasteiger partial charge >= 0.3 is 0 Å². The monoisotopic (exact) mass is 495 g/mol. The van der Waals surface area contributed by atoms with Gasteiger partial charge in [-0.15, -0.1) is 0 Å². The zero-order chi connectivity index (χ0) is 25.8. The van der Waals surface area contributed by atoms with Crippen molar-refractivity contribution in [2.45, 2.75) is 45.7 Å². The number of nitrogens with zero attached hydrogens (tertiary/aromatic N) is 2. The quantitative estimate of drug-likeness (QED) is 0.248. The maximum atomic E-state index is 13.7. The molecule has 4 aromatic rings. The second kappa shape index (κ2) is 10.9. The van der Waals surface area contributed by atoms with Crippen molar-refractivity contribution in [3.8, 4) is 22.8 Å². The molecule has 1 unspecified atom stereocenters. The maximum absolute atomic E-state index is 13.7. The van der Waals surface area contributed by atoms with Gasteiger partial charge in [-0.25, -0.2) is 0 Å². The Kier molecular flexibility index (Phi) is 7.26. The molecule has 1 aromatic heterocycles.